The number of carbonyl (C=O) groups is 1. The first-order valence-corrected chi connectivity index (χ1v) is 10.0. The lowest BCUT2D eigenvalue weighted by Crippen LogP contribution is -2.39. The van der Waals surface area contributed by atoms with E-state index < -0.39 is 0 Å². The lowest BCUT2D eigenvalue weighted by Gasteiger charge is -2.16. The standard InChI is InChI=1S/C25H28N2O3/c1-18(26-16-15-19-13-14-23(29-2)24(17-19)30-3)25(28)27-22-12-8-7-11-21(22)20-9-5-4-6-10-20/h4-14,17-18,26H,15-16H2,1-3H3,(H,27,28)/t18-/m0/s1. The van der Waals surface area contributed by atoms with Gasteiger partial charge in [0.25, 0.3) is 0 Å². The summed E-state index contributed by atoms with van der Waals surface area (Å²) in [6.45, 7) is 2.54. The molecule has 0 saturated heterocycles. The Balaban J connectivity index is 1.57. The minimum atomic E-state index is -0.325. The second kappa shape index (κ2) is 10.5. The maximum absolute atomic E-state index is 12.7. The van der Waals surface area contributed by atoms with Crippen LogP contribution >= 0.6 is 0 Å². The van der Waals surface area contributed by atoms with Crippen molar-refractivity contribution in [2.45, 2.75) is 19.4 Å². The van der Waals surface area contributed by atoms with Crippen molar-refractivity contribution in [2.75, 3.05) is 26.1 Å². The summed E-state index contributed by atoms with van der Waals surface area (Å²) in [6.07, 6.45) is 0.776. The summed E-state index contributed by atoms with van der Waals surface area (Å²) in [7, 11) is 3.24. The van der Waals surface area contributed by atoms with Crippen LogP contribution in [0.1, 0.15) is 12.5 Å². The first-order valence-electron chi connectivity index (χ1n) is 10.0. The minimum Gasteiger partial charge on any atom is -0.493 e. The van der Waals surface area contributed by atoms with E-state index in [2.05, 4.69) is 10.6 Å². The number of benzene rings is 3. The van der Waals surface area contributed by atoms with Gasteiger partial charge < -0.3 is 20.1 Å². The van der Waals surface area contributed by atoms with Crippen molar-refractivity contribution < 1.29 is 14.3 Å². The Morgan fingerprint density at radius 2 is 1.60 bits per heavy atom. The van der Waals surface area contributed by atoms with Crippen LogP contribution in [-0.4, -0.2) is 32.7 Å². The van der Waals surface area contributed by atoms with Crippen molar-refractivity contribution in [3.8, 4) is 22.6 Å². The van der Waals surface area contributed by atoms with Gasteiger partial charge in [-0.2, -0.15) is 0 Å². The topological polar surface area (TPSA) is 59.6 Å². The quantitative estimate of drug-likeness (QED) is 0.550. The fourth-order valence-corrected chi connectivity index (χ4v) is 3.26. The van der Waals surface area contributed by atoms with Crippen LogP contribution in [0.15, 0.2) is 72.8 Å². The number of rotatable bonds is 9. The third-order valence-corrected chi connectivity index (χ3v) is 4.98. The van der Waals surface area contributed by atoms with Crippen molar-refractivity contribution in [3.05, 3.63) is 78.4 Å². The predicted octanol–water partition coefficient (Wildman–Crippen LogP) is 4.53. The highest BCUT2D eigenvalue weighted by atomic mass is 16.5. The number of methoxy groups -OCH3 is 2. The molecule has 0 aliphatic carbocycles. The number of hydrogen-bond acceptors (Lipinski definition) is 4. The number of ether oxygens (including phenoxy) is 2. The van der Waals surface area contributed by atoms with Crippen LogP contribution in [0.25, 0.3) is 11.1 Å². The van der Waals surface area contributed by atoms with Gasteiger partial charge >= 0.3 is 0 Å². The van der Waals surface area contributed by atoms with Crippen LogP contribution in [-0.2, 0) is 11.2 Å². The Labute approximate surface area is 178 Å². The first-order chi connectivity index (χ1) is 14.6. The molecule has 0 saturated carbocycles. The number of para-hydroxylation sites is 1. The van der Waals surface area contributed by atoms with Crippen LogP contribution in [0.2, 0.25) is 0 Å². The molecule has 0 spiro atoms. The summed E-state index contributed by atoms with van der Waals surface area (Å²) < 4.78 is 10.6. The molecule has 0 aromatic heterocycles. The van der Waals surface area contributed by atoms with Crippen molar-refractivity contribution in [1.29, 1.82) is 0 Å². The van der Waals surface area contributed by atoms with E-state index in [9.17, 15) is 4.79 Å². The lowest BCUT2D eigenvalue weighted by molar-refractivity contribution is -0.117. The Kier molecular flexibility index (Phi) is 7.46. The monoisotopic (exact) mass is 404 g/mol. The molecule has 0 radical (unpaired) electrons. The average molecular weight is 405 g/mol. The van der Waals surface area contributed by atoms with Gasteiger partial charge in [0.05, 0.1) is 20.3 Å². The summed E-state index contributed by atoms with van der Waals surface area (Å²) in [5.74, 6) is 1.35. The molecule has 30 heavy (non-hydrogen) atoms. The van der Waals surface area contributed by atoms with Crippen molar-refractivity contribution >= 4 is 11.6 Å². The summed E-state index contributed by atoms with van der Waals surface area (Å²) in [5.41, 5.74) is 4.00. The van der Waals surface area contributed by atoms with Crippen molar-refractivity contribution in [3.63, 3.8) is 0 Å². The van der Waals surface area contributed by atoms with Crippen molar-refractivity contribution in [2.24, 2.45) is 0 Å². The van der Waals surface area contributed by atoms with E-state index in [0.717, 1.165) is 28.8 Å². The van der Waals surface area contributed by atoms with Crippen LogP contribution < -0.4 is 20.1 Å². The maximum atomic E-state index is 12.7. The molecule has 1 amide bonds. The molecule has 156 valence electrons. The predicted molar refractivity (Wildman–Crippen MR) is 121 cm³/mol. The van der Waals surface area contributed by atoms with Gasteiger partial charge in [-0.25, -0.2) is 0 Å². The van der Waals surface area contributed by atoms with E-state index in [1.807, 2.05) is 79.7 Å². The largest absolute Gasteiger partial charge is 0.493 e. The van der Waals surface area contributed by atoms with Crippen LogP contribution in [0, 0.1) is 0 Å². The Morgan fingerprint density at radius 1 is 0.900 bits per heavy atom. The molecule has 0 heterocycles. The van der Waals surface area contributed by atoms with Crippen LogP contribution in [0.4, 0.5) is 5.69 Å². The van der Waals surface area contributed by atoms with Gasteiger partial charge in [0.2, 0.25) is 5.91 Å². The number of anilines is 1. The zero-order valence-corrected chi connectivity index (χ0v) is 17.6. The number of nitrogens with one attached hydrogen (secondary N) is 2. The van der Waals surface area contributed by atoms with E-state index in [1.54, 1.807) is 14.2 Å². The second-order valence-electron chi connectivity index (χ2n) is 7.02. The van der Waals surface area contributed by atoms with E-state index >= 15 is 0 Å². The van der Waals surface area contributed by atoms with Crippen LogP contribution in [0.3, 0.4) is 0 Å². The van der Waals surface area contributed by atoms with E-state index in [1.165, 1.54) is 0 Å². The van der Waals surface area contributed by atoms with Crippen molar-refractivity contribution in [1.82, 2.24) is 5.32 Å². The van der Waals surface area contributed by atoms with Gasteiger partial charge in [-0.15, -0.1) is 0 Å². The van der Waals surface area contributed by atoms with Gasteiger partial charge in [0.15, 0.2) is 11.5 Å². The molecule has 3 aromatic rings. The summed E-state index contributed by atoms with van der Waals surface area (Å²) >= 11 is 0. The van der Waals surface area contributed by atoms with E-state index in [4.69, 9.17) is 9.47 Å². The Bertz CT molecular complexity index is 973. The highest BCUT2D eigenvalue weighted by molar-refractivity contribution is 5.98. The third kappa shape index (κ3) is 5.39. The van der Waals surface area contributed by atoms with Gasteiger partial charge in [0.1, 0.15) is 0 Å². The molecule has 3 rings (SSSR count). The molecule has 0 unspecified atom stereocenters. The van der Waals surface area contributed by atoms with Gasteiger partial charge in [-0.3, -0.25) is 4.79 Å². The van der Waals surface area contributed by atoms with E-state index in [-0.39, 0.29) is 11.9 Å². The summed E-state index contributed by atoms with van der Waals surface area (Å²) in [6, 6.07) is 23.4. The molecule has 1 atom stereocenters. The normalized spacial score (nSPS) is 11.6. The highest BCUT2D eigenvalue weighted by Gasteiger charge is 2.14. The number of carbonyl (C=O) groups excluding carboxylic acids is 1. The Morgan fingerprint density at radius 3 is 2.33 bits per heavy atom. The zero-order valence-electron chi connectivity index (χ0n) is 17.6. The highest BCUT2D eigenvalue weighted by Crippen LogP contribution is 2.28. The number of hydrogen-bond donors (Lipinski definition) is 2. The molecule has 0 aliphatic rings. The van der Waals surface area contributed by atoms with Crippen LogP contribution in [0.5, 0.6) is 11.5 Å². The molecule has 0 fully saturated rings. The molecule has 5 nitrogen and oxygen atoms in total. The fraction of sp³-hybridized carbons (Fsp3) is 0.240. The molecule has 5 heteroatoms. The third-order valence-electron chi connectivity index (χ3n) is 4.98. The molecular formula is C25H28N2O3. The van der Waals surface area contributed by atoms with E-state index in [0.29, 0.717) is 18.0 Å². The lowest BCUT2D eigenvalue weighted by atomic mass is 10.0. The smallest absolute Gasteiger partial charge is 0.241 e. The van der Waals surface area contributed by atoms with Gasteiger partial charge in [-0.05, 0) is 49.2 Å². The number of amides is 1. The summed E-state index contributed by atoms with van der Waals surface area (Å²) in [4.78, 5) is 12.7. The Hall–Kier alpha value is -3.31. The maximum Gasteiger partial charge on any atom is 0.241 e. The second-order valence-corrected chi connectivity index (χ2v) is 7.02. The molecular weight excluding hydrogens is 376 g/mol. The summed E-state index contributed by atoms with van der Waals surface area (Å²) in [5, 5.41) is 6.35. The average Bonchev–Trinajstić information content (AvgIpc) is 2.79. The zero-order chi connectivity index (χ0) is 21.3. The minimum absolute atomic E-state index is 0.0642. The molecule has 0 bridgehead atoms. The van der Waals surface area contributed by atoms with Gasteiger partial charge in [0, 0.05) is 11.3 Å². The van der Waals surface area contributed by atoms with Gasteiger partial charge in [-0.1, -0.05) is 54.6 Å². The SMILES string of the molecule is COc1ccc(CCN[C@@H](C)C(=O)Nc2ccccc2-c2ccccc2)cc1OC. The molecule has 2 N–H and O–H groups in total. The fourth-order valence-electron chi connectivity index (χ4n) is 3.26. The molecule has 0 aliphatic heterocycles. The first kappa shape index (κ1) is 21.4. The molecule has 3 aromatic carbocycles.